The van der Waals surface area contributed by atoms with Crippen molar-refractivity contribution >= 4 is 16.9 Å². The summed E-state index contributed by atoms with van der Waals surface area (Å²) in [6, 6.07) is 12.2. The van der Waals surface area contributed by atoms with Gasteiger partial charge in [0.1, 0.15) is 11.9 Å². The number of morpholine rings is 1. The van der Waals surface area contributed by atoms with Gasteiger partial charge in [-0.25, -0.2) is 15.0 Å². The van der Waals surface area contributed by atoms with Crippen LogP contribution in [0.15, 0.2) is 48.8 Å². The molecule has 3 aromatic heterocycles. The molecule has 0 spiro atoms. The molecule has 8 nitrogen and oxygen atoms in total. The maximum absolute atomic E-state index is 6.12. The van der Waals surface area contributed by atoms with Gasteiger partial charge in [0.05, 0.1) is 25.1 Å². The van der Waals surface area contributed by atoms with E-state index < -0.39 is 0 Å². The van der Waals surface area contributed by atoms with Crippen LogP contribution < -0.4 is 10.5 Å². The number of hydrogen-bond acceptors (Lipinski definition) is 7. The number of fused-ring (bicyclic) bond motifs is 1. The minimum atomic E-state index is -0.0989. The van der Waals surface area contributed by atoms with E-state index in [4.69, 9.17) is 20.2 Å². The number of pyridine rings is 1. The highest BCUT2D eigenvalue weighted by Crippen LogP contribution is 2.31. The standard InChI is InChI=1S/C25H28N6O2/c1-16-20(19-11-18(32-3)7-8-23(19)30(16)2)14-31-9-10-33-24(15-31)22-6-4-5-21(29-22)17-12-27-25(26)28-13-17/h4-8,11-13,24H,9-10,14-15H2,1-3H3,(H2,26,27,28)/t24-/m0/s1. The molecule has 0 unspecified atom stereocenters. The van der Waals surface area contributed by atoms with Gasteiger partial charge in [0.2, 0.25) is 5.95 Å². The molecule has 1 aliphatic rings. The number of aromatic nitrogens is 4. The molecule has 1 saturated heterocycles. The molecule has 8 heteroatoms. The van der Waals surface area contributed by atoms with E-state index in [0.717, 1.165) is 42.3 Å². The summed E-state index contributed by atoms with van der Waals surface area (Å²) < 4.78 is 13.9. The van der Waals surface area contributed by atoms with Crippen LogP contribution in [0.5, 0.6) is 5.75 Å². The maximum atomic E-state index is 6.12. The van der Waals surface area contributed by atoms with Crippen LogP contribution in [0.3, 0.4) is 0 Å². The second-order valence-corrected chi connectivity index (χ2v) is 8.38. The number of benzene rings is 1. The quantitative estimate of drug-likeness (QED) is 0.504. The summed E-state index contributed by atoms with van der Waals surface area (Å²) in [5, 5.41) is 1.24. The molecule has 0 radical (unpaired) electrons. The number of hydrogen-bond donors (Lipinski definition) is 1. The van der Waals surface area contributed by atoms with E-state index >= 15 is 0 Å². The Labute approximate surface area is 193 Å². The average molecular weight is 445 g/mol. The molecular formula is C25H28N6O2. The zero-order valence-electron chi connectivity index (χ0n) is 19.2. The van der Waals surface area contributed by atoms with E-state index in [1.165, 1.54) is 22.2 Å². The largest absolute Gasteiger partial charge is 0.497 e. The lowest BCUT2D eigenvalue weighted by atomic mass is 10.1. The second-order valence-electron chi connectivity index (χ2n) is 8.38. The molecule has 1 aliphatic heterocycles. The van der Waals surface area contributed by atoms with Crippen molar-refractivity contribution in [2.45, 2.75) is 19.6 Å². The molecule has 2 N–H and O–H groups in total. The van der Waals surface area contributed by atoms with Crippen LogP contribution in [0, 0.1) is 6.92 Å². The molecular weight excluding hydrogens is 416 g/mol. The van der Waals surface area contributed by atoms with Gasteiger partial charge in [0.25, 0.3) is 0 Å². The SMILES string of the molecule is COc1ccc2c(c1)c(CN1CCO[C@H](c3cccc(-c4cnc(N)nc4)n3)C1)c(C)n2C. The van der Waals surface area contributed by atoms with Crippen molar-refractivity contribution in [3.05, 3.63) is 65.7 Å². The number of nitrogens with zero attached hydrogens (tertiary/aromatic N) is 5. The van der Waals surface area contributed by atoms with Gasteiger partial charge in [0, 0.05) is 61.2 Å². The van der Waals surface area contributed by atoms with E-state index in [-0.39, 0.29) is 12.1 Å². The van der Waals surface area contributed by atoms with Gasteiger partial charge in [-0.1, -0.05) is 6.07 Å². The summed E-state index contributed by atoms with van der Waals surface area (Å²) in [5.74, 6) is 1.13. The smallest absolute Gasteiger partial charge is 0.219 e. The third-order valence-corrected chi connectivity index (χ3v) is 6.43. The molecule has 1 fully saturated rings. The van der Waals surface area contributed by atoms with Gasteiger partial charge in [-0.3, -0.25) is 4.90 Å². The van der Waals surface area contributed by atoms with Gasteiger partial charge in [-0.15, -0.1) is 0 Å². The lowest BCUT2D eigenvalue weighted by Gasteiger charge is -2.33. The molecule has 0 aliphatic carbocycles. The first-order chi connectivity index (χ1) is 16.0. The summed E-state index contributed by atoms with van der Waals surface area (Å²) in [6.07, 6.45) is 3.29. The lowest BCUT2D eigenvalue weighted by molar-refractivity contribution is -0.0348. The van der Waals surface area contributed by atoms with E-state index in [1.54, 1.807) is 19.5 Å². The van der Waals surface area contributed by atoms with Crippen LogP contribution >= 0.6 is 0 Å². The molecule has 33 heavy (non-hydrogen) atoms. The highest BCUT2D eigenvalue weighted by molar-refractivity contribution is 5.86. The summed E-state index contributed by atoms with van der Waals surface area (Å²) in [4.78, 5) is 15.4. The van der Waals surface area contributed by atoms with Crippen LogP contribution in [0.2, 0.25) is 0 Å². The fraction of sp³-hybridized carbons (Fsp3) is 0.320. The third kappa shape index (κ3) is 4.15. The molecule has 170 valence electrons. The van der Waals surface area contributed by atoms with Crippen molar-refractivity contribution in [1.82, 2.24) is 24.4 Å². The number of aryl methyl sites for hydroxylation is 1. The zero-order valence-corrected chi connectivity index (χ0v) is 19.2. The maximum Gasteiger partial charge on any atom is 0.219 e. The highest BCUT2D eigenvalue weighted by atomic mass is 16.5. The molecule has 0 amide bonds. The van der Waals surface area contributed by atoms with Crippen LogP contribution in [-0.2, 0) is 18.3 Å². The monoisotopic (exact) mass is 444 g/mol. The van der Waals surface area contributed by atoms with E-state index in [0.29, 0.717) is 6.61 Å². The van der Waals surface area contributed by atoms with Crippen molar-refractivity contribution in [2.24, 2.45) is 7.05 Å². The van der Waals surface area contributed by atoms with Crippen LogP contribution in [0.4, 0.5) is 5.95 Å². The van der Waals surface area contributed by atoms with E-state index in [1.807, 2.05) is 24.3 Å². The Bertz CT molecular complexity index is 1280. The molecule has 4 aromatic rings. The Morgan fingerprint density at radius 1 is 1.18 bits per heavy atom. The third-order valence-electron chi connectivity index (χ3n) is 6.43. The first-order valence-electron chi connectivity index (χ1n) is 11.0. The number of ether oxygens (including phenoxy) is 2. The van der Waals surface area contributed by atoms with Crippen molar-refractivity contribution < 1.29 is 9.47 Å². The van der Waals surface area contributed by atoms with E-state index in [9.17, 15) is 0 Å². The Balaban J connectivity index is 1.39. The Hall–Kier alpha value is -3.49. The Morgan fingerprint density at radius 2 is 2.00 bits per heavy atom. The number of methoxy groups -OCH3 is 1. The summed E-state index contributed by atoms with van der Waals surface area (Å²) in [6.45, 7) is 5.34. The van der Waals surface area contributed by atoms with Crippen molar-refractivity contribution in [2.75, 3.05) is 32.5 Å². The van der Waals surface area contributed by atoms with Gasteiger partial charge in [-0.05, 0) is 42.8 Å². The first kappa shape index (κ1) is 21.4. The average Bonchev–Trinajstić information content (AvgIpc) is 3.09. The lowest BCUT2D eigenvalue weighted by Crippen LogP contribution is -2.38. The predicted octanol–water partition coefficient (Wildman–Crippen LogP) is 3.50. The normalized spacial score (nSPS) is 16.9. The molecule has 0 bridgehead atoms. The second kappa shape index (κ2) is 8.80. The summed E-state index contributed by atoms with van der Waals surface area (Å²) in [7, 11) is 3.83. The van der Waals surface area contributed by atoms with Crippen LogP contribution in [-0.4, -0.2) is 51.2 Å². The number of rotatable bonds is 5. The number of anilines is 1. The molecule has 4 heterocycles. The van der Waals surface area contributed by atoms with Gasteiger partial charge in [0.15, 0.2) is 0 Å². The van der Waals surface area contributed by atoms with Crippen LogP contribution in [0.25, 0.3) is 22.2 Å². The predicted molar refractivity (Wildman–Crippen MR) is 128 cm³/mol. The number of nitrogens with two attached hydrogens (primary N) is 1. The van der Waals surface area contributed by atoms with Gasteiger partial charge >= 0.3 is 0 Å². The summed E-state index contributed by atoms with van der Waals surface area (Å²) >= 11 is 0. The highest BCUT2D eigenvalue weighted by Gasteiger charge is 2.25. The molecule has 1 atom stereocenters. The van der Waals surface area contributed by atoms with Crippen molar-refractivity contribution in [3.8, 4) is 17.0 Å². The zero-order chi connectivity index (χ0) is 22.9. The van der Waals surface area contributed by atoms with E-state index in [2.05, 4.69) is 45.5 Å². The number of nitrogen functional groups attached to an aromatic ring is 1. The van der Waals surface area contributed by atoms with Gasteiger partial charge in [-0.2, -0.15) is 0 Å². The van der Waals surface area contributed by atoms with Gasteiger partial charge < -0.3 is 19.8 Å². The topological polar surface area (TPSA) is 91.3 Å². The molecule has 1 aromatic carbocycles. The van der Waals surface area contributed by atoms with Crippen molar-refractivity contribution in [3.63, 3.8) is 0 Å². The molecule has 0 saturated carbocycles. The summed E-state index contributed by atoms with van der Waals surface area (Å²) in [5.41, 5.74) is 12.0. The van der Waals surface area contributed by atoms with Crippen LogP contribution in [0.1, 0.15) is 23.1 Å². The fourth-order valence-corrected chi connectivity index (χ4v) is 4.46. The Kier molecular flexibility index (Phi) is 5.70. The minimum absolute atomic E-state index is 0.0989. The Morgan fingerprint density at radius 3 is 2.79 bits per heavy atom. The minimum Gasteiger partial charge on any atom is -0.497 e. The first-order valence-corrected chi connectivity index (χ1v) is 11.0. The van der Waals surface area contributed by atoms with Crippen molar-refractivity contribution in [1.29, 1.82) is 0 Å². The fourth-order valence-electron chi connectivity index (χ4n) is 4.46. The molecule has 5 rings (SSSR count).